The van der Waals surface area contributed by atoms with E-state index in [0.717, 1.165) is 0 Å². The standard InChI is InChI=1S/C23H22F2N2O5S/c1-27(15-16-10-12-18(13-11-16)32-23(24)25)22(28)17-6-5-7-19(14-17)33(29,30)26-20-8-3-4-9-21(20)31-2/h3-14,23,26H,15H2,1-2H3. The molecule has 0 fully saturated rings. The molecule has 3 aromatic carbocycles. The van der Waals surface area contributed by atoms with Gasteiger partial charge >= 0.3 is 6.61 Å². The van der Waals surface area contributed by atoms with Gasteiger partial charge in [0, 0.05) is 19.2 Å². The number of ether oxygens (including phenoxy) is 2. The van der Waals surface area contributed by atoms with Crippen molar-refractivity contribution in [1.29, 1.82) is 0 Å². The summed E-state index contributed by atoms with van der Waals surface area (Å²) in [5.74, 6) is -0.0292. The van der Waals surface area contributed by atoms with Gasteiger partial charge in [-0.25, -0.2) is 8.42 Å². The van der Waals surface area contributed by atoms with Gasteiger partial charge in [-0.05, 0) is 48.0 Å². The van der Waals surface area contributed by atoms with E-state index in [9.17, 15) is 22.0 Å². The van der Waals surface area contributed by atoms with Crippen molar-refractivity contribution in [3.63, 3.8) is 0 Å². The molecular weight excluding hydrogens is 454 g/mol. The highest BCUT2D eigenvalue weighted by atomic mass is 32.2. The average Bonchev–Trinajstić information content (AvgIpc) is 2.79. The molecule has 33 heavy (non-hydrogen) atoms. The van der Waals surface area contributed by atoms with Crippen LogP contribution in [-0.4, -0.2) is 40.0 Å². The first-order valence-corrected chi connectivity index (χ1v) is 11.2. The largest absolute Gasteiger partial charge is 0.495 e. The Bertz CT molecular complexity index is 1220. The summed E-state index contributed by atoms with van der Waals surface area (Å²) in [4.78, 5) is 14.2. The molecule has 0 aliphatic heterocycles. The summed E-state index contributed by atoms with van der Waals surface area (Å²) in [6, 6.07) is 18.1. The number of para-hydroxylation sites is 2. The summed E-state index contributed by atoms with van der Waals surface area (Å²) < 4.78 is 62.2. The molecule has 10 heteroatoms. The van der Waals surface area contributed by atoms with Gasteiger partial charge in [-0.15, -0.1) is 0 Å². The SMILES string of the molecule is COc1ccccc1NS(=O)(=O)c1cccc(C(=O)N(C)Cc2ccc(OC(F)F)cc2)c1. The van der Waals surface area contributed by atoms with Crippen LogP contribution in [0.1, 0.15) is 15.9 Å². The highest BCUT2D eigenvalue weighted by molar-refractivity contribution is 7.92. The quantitative estimate of drug-likeness (QED) is 0.496. The van der Waals surface area contributed by atoms with Crippen LogP contribution in [0.15, 0.2) is 77.7 Å². The lowest BCUT2D eigenvalue weighted by Crippen LogP contribution is -2.26. The Balaban J connectivity index is 1.74. The van der Waals surface area contributed by atoms with E-state index in [1.165, 1.54) is 48.4 Å². The topological polar surface area (TPSA) is 84.9 Å². The number of carbonyl (C=O) groups is 1. The Hall–Kier alpha value is -3.66. The molecule has 0 aromatic heterocycles. The fourth-order valence-corrected chi connectivity index (χ4v) is 4.19. The van der Waals surface area contributed by atoms with Gasteiger partial charge in [-0.3, -0.25) is 9.52 Å². The van der Waals surface area contributed by atoms with Crippen LogP contribution in [0.5, 0.6) is 11.5 Å². The van der Waals surface area contributed by atoms with Crippen LogP contribution in [-0.2, 0) is 16.6 Å². The van der Waals surface area contributed by atoms with Crippen LogP contribution in [0.2, 0.25) is 0 Å². The van der Waals surface area contributed by atoms with Crippen molar-refractivity contribution in [1.82, 2.24) is 4.90 Å². The summed E-state index contributed by atoms with van der Waals surface area (Å²) in [5.41, 5.74) is 1.14. The van der Waals surface area contributed by atoms with Gasteiger partial charge < -0.3 is 14.4 Å². The monoisotopic (exact) mass is 476 g/mol. The number of nitrogens with zero attached hydrogens (tertiary/aromatic N) is 1. The Kier molecular flexibility index (Phi) is 7.49. The van der Waals surface area contributed by atoms with Gasteiger partial charge in [0.2, 0.25) is 0 Å². The normalized spacial score (nSPS) is 11.2. The van der Waals surface area contributed by atoms with Crippen LogP contribution in [0.4, 0.5) is 14.5 Å². The highest BCUT2D eigenvalue weighted by Gasteiger charge is 2.20. The van der Waals surface area contributed by atoms with Gasteiger partial charge in [0.1, 0.15) is 11.5 Å². The minimum absolute atomic E-state index is 0.0168. The van der Waals surface area contributed by atoms with Gasteiger partial charge in [0.05, 0.1) is 17.7 Å². The number of benzene rings is 3. The summed E-state index contributed by atoms with van der Waals surface area (Å²) in [6.07, 6.45) is 0. The summed E-state index contributed by atoms with van der Waals surface area (Å²) >= 11 is 0. The Morgan fingerprint density at radius 1 is 1.03 bits per heavy atom. The number of rotatable bonds is 9. The fraction of sp³-hybridized carbons (Fsp3) is 0.174. The molecule has 0 saturated carbocycles. The van der Waals surface area contributed by atoms with Crippen molar-refractivity contribution in [3.05, 3.63) is 83.9 Å². The van der Waals surface area contributed by atoms with Crippen molar-refractivity contribution in [2.24, 2.45) is 0 Å². The number of hydrogen-bond donors (Lipinski definition) is 1. The molecule has 7 nitrogen and oxygen atoms in total. The number of carbonyl (C=O) groups excluding carboxylic acids is 1. The number of hydrogen-bond acceptors (Lipinski definition) is 5. The molecule has 0 unspecified atom stereocenters. The van der Waals surface area contributed by atoms with Gasteiger partial charge in [-0.1, -0.05) is 30.3 Å². The minimum atomic E-state index is -3.98. The van der Waals surface area contributed by atoms with Crippen molar-refractivity contribution in [2.45, 2.75) is 18.1 Å². The molecule has 0 spiro atoms. The Labute approximate surface area is 190 Å². The summed E-state index contributed by atoms with van der Waals surface area (Å²) in [7, 11) is -0.989. The number of alkyl halides is 2. The molecule has 0 atom stereocenters. The molecule has 0 heterocycles. The minimum Gasteiger partial charge on any atom is -0.495 e. The number of amides is 1. The third-order valence-corrected chi connectivity index (χ3v) is 6.02. The van der Waals surface area contributed by atoms with Gasteiger partial charge in [-0.2, -0.15) is 8.78 Å². The van der Waals surface area contributed by atoms with E-state index >= 15 is 0 Å². The molecule has 0 aliphatic carbocycles. The van der Waals surface area contributed by atoms with E-state index in [1.807, 2.05) is 0 Å². The van der Waals surface area contributed by atoms with E-state index in [1.54, 1.807) is 43.4 Å². The number of halogens is 2. The van der Waals surface area contributed by atoms with Crippen LogP contribution in [0.25, 0.3) is 0 Å². The van der Waals surface area contributed by atoms with E-state index in [4.69, 9.17) is 4.74 Å². The fourth-order valence-electron chi connectivity index (χ4n) is 3.07. The molecule has 0 aliphatic rings. The number of methoxy groups -OCH3 is 1. The maximum Gasteiger partial charge on any atom is 0.387 e. The smallest absolute Gasteiger partial charge is 0.387 e. The lowest BCUT2D eigenvalue weighted by molar-refractivity contribution is -0.0498. The van der Waals surface area contributed by atoms with Crippen LogP contribution >= 0.6 is 0 Å². The molecule has 1 N–H and O–H groups in total. The Morgan fingerprint density at radius 2 is 1.73 bits per heavy atom. The second-order valence-corrected chi connectivity index (χ2v) is 8.70. The predicted octanol–water partition coefficient (Wildman–Crippen LogP) is 4.37. The molecular formula is C23H22F2N2O5S. The van der Waals surface area contributed by atoms with Gasteiger partial charge in [0.15, 0.2) is 0 Å². The number of anilines is 1. The van der Waals surface area contributed by atoms with Crippen LogP contribution in [0, 0.1) is 0 Å². The zero-order valence-electron chi connectivity index (χ0n) is 17.9. The molecule has 0 bridgehead atoms. The lowest BCUT2D eigenvalue weighted by Gasteiger charge is -2.18. The summed E-state index contributed by atoms with van der Waals surface area (Å²) in [6.45, 7) is -2.73. The molecule has 3 aromatic rings. The zero-order chi connectivity index (χ0) is 24.0. The van der Waals surface area contributed by atoms with Gasteiger partial charge in [0.25, 0.3) is 15.9 Å². The van der Waals surface area contributed by atoms with Crippen molar-refractivity contribution < 1.29 is 31.5 Å². The highest BCUT2D eigenvalue weighted by Crippen LogP contribution is 2.26. The molecule has 1 amide bonds. The van der Waals surface area contributed by atoms with Crippen molar-refractivity contribution in [2.75, 3.05) is 18.9 Å². The van der Waals surface area contributed by atoms with E-state index in [0.29, 0.717) is 11.3 Å². The van der Waals surface area contributed by atoms with Crippen molar-refractivity contribution in [3.8, 4) is 11.5 Å². The first-order valence-electron chi connectivity index (χ1n) is 9.75. The zero-order valence-corrected chi connectivity index (χ0v) is 18.7. The van der Waals surface area contributed by atoms with E-state index < -0.39 is 22.5 Å². The van der Waals surface area contributed by atoms with E-state index in [2.05, 4.69) is 9.46 Å². The first-order chi connectivity index (χ1) is 15.7. The molecule has 174 valence electrons. The summed E-state index contributed by atoms with van der Waals surface area (Å²) in [5, 5.41) is 0. The number of nitrogens with one attached hydrogen (secondary N) is 1. The molecule has 3 rings (SSSR count). The third-order valence-electron chi connectivity index (χ3n) is 4.66. The molecule has 0 saturated heterocycles. The van der Waals surface area contributed by atoms with Crippen LogP contribution in [0.3, 0.4) is 0 Å². The van der Waals surface area contributed by atoms with Crippen LogP contribution < -0.4 is 14.2 Å². The van der Waals surface area contributed by atoms with Crippen molar-refractivity contribution >= 4 is 21.6 Å². The maximum absolute atomic E-state index is 12.9. The van der Waals surface area contributed by atoms with E-state index in [-0.39, 0.29) is 28.4 Å². The number of sulfonamides is 1. The lowest BCUT2D eigenvalue weighted by atomic mass is 10.1. The first kappa shape index (κ1) is 24.0. The Morgan fingerprint density at radius 3 is 2.39 bits per heavy atom. The third kappa shape index (κ3) is 6.19. The predicted molar refractivity (Wildman–Crippen MR) is 119 cm³/mol. The average molecular weight is 477 g/mol. The molecule has 0 radical (unpaired) electrons. The second kappa shape index (κ2) is 10.3. The maximum atomic E-state index is 12.9. The second-order valence-electron chi connectivity index (χ2n) is 7.02.